The van der Waals surface area contributed by atoms with E-state index in [1.807, 2.05) is 52.4 Å². The first-order valence-corrected chi connectivity index (χ1v) is 15.9. The number of nitrogens with one attached hydrogen (secondary N) is 1. The van der Waals surface area contributed by atoms with Crippen LogP contribution in [0.15, 0.2) is 64.6 Å². The standard InChI is InChI=1S/C34H42N6O5.K/c1-4-8-29-28(19-22-11-13-23(14-12-22)26-9-6-7-10-27(26)30-37-33(42)45-38-30)31(41)39(32-35-21-36-40(29)32)24-15-17-25(18-16-24)44-20-34(3,43)5-2;/h6-7,9-14,21,24-25,33,42-43H,4-5,8,15-20H2,1-3H3,(H,37,38);/q;+1. The van der Waals surface area contributed by atoms with Crippen molar-refractivity contribution in [3.05, 3.63) is 87.6 Å². The van der Waals surface area contributed by atoms with Crippen molar-refractivity contribution >= 4 is 11.6 Å². The van der Waals surface area contributed by atoms with Crippen LogP contribution < -0.4 is 62.4 Å². The molecule has 0 amide bonds. The van der Waals surface area contributed by atoms with E-state index in [1.165, 1.54) is 6.33 Å². The largest absolute Gasteiger partial charge is 1.00 e. The van der Waals surface area contributed by atoms with E-state index in [9.17, 15) is 15.0 Å². The maximum absolute atomic E-state index is 14.3. The van der Waals surface area contributed by atoms with E-state index in [4.69, 9.17) is 9.57 Å². The second-order valence-electron chi connectivity index (χ2n) is 12.4. The number of aliphatic hydroxyl groups excluding tert-OH is 1. The van der Waals surface area contributed by atoms with Gasteiger partial charge in [0.15, 0.2) is 5.84 Å². The summed E-state index contributed by atoms with van der Waals surface area (Å²) in [5.74, 6) is 1.07. The molecule has 0 spiro atoms. The van der Waals surface area contributed by atoms with Crippen LogP contribution in [0.4, 0.5) is 0 Å². The van der Waals surface area contributed by atoms with Gasteiger partial charge in [-0.05, 0) is 62.1 Å². The molecule has 3 heterocycles. The molecule has 12 heteroatoms. The van der Waals surface area contributed by atoms with E-state index in [-0.39, 0.29) is 69.1 Å². The van der Waals surface area contributed by atoms with Crippen molar-refractivity contribution < 1.29 is 71.2 Å². The van der Waals surface area contributed by atoms with Crippen LogP contribution in [-0.4, -0.2) is 59.9 Å². The molecule has 0 saturated heterocycles. The molecule has 0 bridgehead atoms. The summed E-state index contributed by atoms with van der Waals surface area (Å²) < 4.78 is 9.78. The summed E-state index contributed by atoms with van der Waals surface area (Å²) in [5.41, 5.74) is 7.29. The molecule has 2 atom stereocenters. The zero-order valence-corrected chi connectivity index (χ0v) is 30.3. The third-order valence-corrected chi connectivity index (χ3v) is 9.04. The van der Waals surface area contributed by atoms with Gasteiger partial charge in [-0.2, -0.15) is 10.1 Å². The van der Waals surface area contributed by atoms with Gasteiger partial charge < -0.3 is 14.9 Å². The van der Waals surface area contributed by atoms with Gasteiger partial charge in [0.05, 0.1) is 24.0 Å². The van der Waals surface area contributed by atoms with Crippen LogP contribution in [-0.2, 0) is 22.4 Å². The summed E-state index contributed by atoms with van der Waals surface area (Å²) in [6.07, 6.45) is 6.32. The molecule has 6 rings (SSSR count). The van der Waals surface area contributed by atoms with Crippen LogP contribution in [0, 0.1) is 0 Å². The predicted molar refractivity (Wildman–Crippen MR) is 171 cm³/mol. The Balaban J connectivity index is 0.00000417. The van der Waals surface area contributed by atoms with Crippen molar-refractivity contribution in [3.63, 3.8) is 0 Å². The molecular weight excluding hydrogens is 612 g/mol. The smallest absolute Gasteiger partial charge is 0.388 e. The van der Waals surface area contributed by atoms with Crippen LogP contribution >= 0.6 is 0 Å². The van der Waals surface area contributed by atoms with Crippen molar-refractivity contribution in [2.45, 2.75) is 96.3 Å². The molecule has 0 radical (unpaired) electrons. The van der Waals surface area contributed by atoms with Gasteiger partial charge in [-0.1, -0.05) is 68.8 Å². The molecule has 1 fully saturated rings. The molecule has 2 unspecified atom stereocenters. The molecule has 1 saturated carbocycles. The number of hydrogen-bond acceptors (Lipinski definition) is 9. The van der Waals surface area contributed by atoms with Crippen molar-refractivity contribution in [3.8, 4) is 11.1 Å². The summed E-state index contributed by atoms with van der Waals surface area (Å²) in [5, 5.41) is 24.6. The number of aryl methyl sites for hydroxylation is 1. The number of hydroxylamine groups is 1. The number of nitrogens with zero attached hydrogens (tertiary/aromatic N) is 5. The molecule has 1 aliphatic carbocycles. The van der Waals surface area contributed by atoms with Crippen molar-refractivity contribution in [1.82, 2.24) is 24.6 Å². The second kappa shape index (κ2) is 15.3. The molecule has 238 valence electrons. The number of ether oxygens (including phenoxy) is 1. The number of amidine groups is 1. The number of fused-ring (bicyclic) bond motifs is 1. The molecule has 2 aromatic carbocycles. The number of hydrogen-bond donors (Lipinski definition) is 3. The molecule has 46 heavy (non-hydrogen) atoms. The van der Waals surface area contributed by atoms with Gasteiger partial charge in [0, 0.05) is 23.6 Å². The van der Waals surface area contributed by atoms with Crippen molar-refractivity contribution in [1.29, 1.82) is 0 Å². The van der Waals surface area contributed by atoms with E-state index in [1.54, 1.807) is 6.92 Å². The Morgan fingerprint density at radius 2 is 1.78 bits per heavy atom. The molecule has 2 aliphatic rings. The first-order chi connectivity index (χ1) is 21.8. The van der Waals surface area contributed by atoms with E-state index in [0.29, 0.717) is 31.1 Å². The van der Waals surface area contributed by atoms with Crippen LogP contribution in [0.3, 0.4) is 0 Å². The first kappa shape index (κ1) is 35.1. The zero-order valence-electron chi connectivity index (χ0n) is 27.1. The number of aliphatic hydroxyl groups is 2. The van der Waals surface area contributed by atoms with E-state index in [2.05, 4.69) is 39.6 Å². The Morgan fingerprint density at radius 1 is 1.07 bits per heavy atom. The Kier molecular flexibility index (Phi) is 11.7. The van der Waals surface area contributed by atoms with Gasteiger partial charge in [0.25, 0.3) is 12.0 Å². The molecule has 4 aromatic rings. The van der Waals surface area contributed by atoms with Crippen molar-refractivity contribution in [2.24, 2.45) is 4.99 Å². The summed E-state index contributed by atoms with van der Waals surface area (Å²) in [4.78, 5) is 28.0. The van der Waals surface area contributed by atoms with Gasteiger partial charge in [-0.3, -0.25) is 9.36 Å². The zero-order chi connectivity index (χ0) is 31.6. The summed E-state index contributed by atoms with van der Waals surface area (Å²) in [6, 6.07) is 16.0. The molecule has 11 nitrogen and oxygen atoms in total. The fraction of sp³-hybridized carbons (Fsp3) is 0.471. The number of aromatic nitrogens is 4. The normalized spacial score (nSPS) is 21.0. The fourth-order valence-electron chi connectivity index (χ4n) is 6.29. The third kappa shape index (κ3) is 7.56. The number of benzene rings is 2. The van der Waals surface area contributed by atoms with Gasteiger partial charge >= 0.3 is 51.4 Å². The van der Waals surface area contributed by atoms with E-state index < -0.39 is 12.0 Å². The molecule has 3 N–H and O–H groups in total. The minimum atomic E-state index is -1.23. The molecule has 2 aromatic heterocycles. The Labute approximate surface area is 311 Å². The van der Waals surface area contributed by atoms with Crippen LogP contribution in [0.5, 0.6) is 0 Å². The van der Waals surface area contributed by atoms with Gasteiger partial charge in [-0.15, -0.1) is 0 Å². The first-order valence-electron chi connectivity index (χ1n) is 15.9. The predicted octanol–water partition coefficient (Wildman–Crippen LogP) is 1.32. The Hall–Kier alpha value is -2.26. The van der Waals surface area contributed by atoms with Crippen LogP contribution in [0.25, 0.3) is 16.9 Å². The van der Waals surface area contributed by atoms with Gasteiger partial charge in [-0.25, -0.2) is 19.8 Å². The SMILES string of the molecule is CCCc1c(Cc2ccc(-c3ccccc3C3=NC(O)ON3)cc2)c(=O)n(C2CCC(OCC(C)(O)CC)CC2)c2ncnn12.[K+]. The quantitative estimate of drug-likeness (QED) is 0.207. The van der Waals surface area contributed by atoms with Crippen LogP contribution in [0.1, 0.15) is 87.7 Å². The van der Waals surface area contributed by atoms with Gasteiger partial charge in [0.2, 0.25) is 5.78 Å². The van der Waals surface area contributed by atoms with E-state index >= 15 is 0 Å². The summed E-state index contributed by atoms with van der Waals surface area (Å²) in [6.45, 7) is 6.18. The minimum Gasteiger partial charge on any atom is -0.388 e. The summed E-state index contributed by atoms with van der Waals surface area (Å²) in [7, 11) is 0. The van der Waals surface area contributed by atoms with Crippen molar-refractivity contribution in [2.75, 3.05) is 6.61 Å². The second-order valence-corrected chi connectivity index (χ2v) is 12.4. The maximum atomic E-state index is 14.3. The Bertz CT molecular complexity index is 1730. The average Bonchev–Trinajstić information content (AvgIpc) is 3.72. The maximum Gasteiger partial charge on any atom is 1.00 e. The Morgan fingerprint density at radius 3 is 2.43 bits per heavy atom. The summed E-state index contributed by atoms with van der Waals surface area (Å²) >= 11 is 0. The molecule has 1 aliphatic heterocycles. The van der Waals surface area contributed by atoms with Gasteiger partial charge in [0.1, 0.15) is 6.33 Å². The number of aliphatic imine (C=N–C) groups is 1. The third-order valence-electron chi connectivity index (χ3n) is 9.04. The number of rotatable bonds is 11. The fourth-order valence-corrected chi connectivity index (χ4v) is 6.29. The van der Waals surface area contributed by atoms with E-state index in [0.717, 1.165) is 72.0 Å². The topological polar surface area (TPSA) is 136 Å². The van der Waals surface area contributed by atoms with Crippen LogP contribution in [0.2, 0.25) is 0 Å². The molecular formula is C34H42KN6O5+. The monoisotopic (exact) mass is 653 g/mol. The average molecular weight is 654 g/mol. The minimum absolute atomic E-state index is 0.